The third kappa shape index (κ3) is 4.69. The van der Waals surface area contributed by atoms with Crippen molar-refractivity contribution in [1.29, 1.82) is 0 Å². The number of imide groups is 1. The number of rotatable bonds is 5. The number of hydrogen-bond donors (Lipinski definition) is 2. The number of nitrogens with zero attached hydrogens (tertiary/aromatic N) is 3. The normalized spacial score (nSPS) is 12.5. The Labute approximate surface area is 214 Å². The predicted molar refractivity (Wildman–Crippen MR) is 143 cm³/mol. The zero-order valence-electron chi connectivity index (χ0n) is 20.9. The van der Waals surface area contributed by atoms with Crippen LogP contribution in [0, 0.1) is 27.7 Å². The van der Waals surface area contributed by atoms with Crippen molar-refractivity contribution >= 4 is 40.7 Å². The minimum atomic E-state index is -0.438. The average molecular weight is 492 g/mol. The second-order valence-electron chi connectivity index (χ2n) is 9.13. The lowest BCUT2D eigenvalue weighted by molar-refractivity contribution is 0.0925. The van der Waals surface area contributed by atoms with Gasteiger partial charge >= 0.3 is 0 Å². The molecule has 0 fully saturated rings. The van der Waals surface area contributed by atoms with Crippen molar-refractivity contribution in [2.75, 3.05) is 15.5 Å². The summed E-state index contributed by atoms with van der Waals surface area (Å²) in [5.41, 5.74) is 6.19. The van der Waals surface area contributed by atoms with Gasteiger partial charge in [0.25, 0.3) is 17.7 Å². The summed E-state index contributed by atoms with van der Waals surface area (Å²) in [6.07, 6.45) is 0. The molecule has 4 aromatic rings. The molecule has 2 N–H and O–H groups in total. The number of carbonyl (C=O) groups excluding carboxylic acids is 3. The van der Waals surface area contributed by atoms with Gasteiger partial charge in [-0.15, -0.1) is 0 Å². The summed E-state index contributed by atoms with van der Waals surface area (Å²) in [4.78, 5) is 49.1. The van der Waals surface area contributed by atoms with Gasteiger partial charge in [-0.05, 0) is 93.4 Å². The average Bonchev–Trinajstić information content (AvgIpc) is 3.10. The molecule has 0 spiro atoms. The van der Waals surface area contributed by atoms with Crippen molar-refractivity contribution < 1.29 is 14.4 Å². The molecule has 0 unspecified atom stereocenters. The quantitative estimate of drug-likeness (QED) is 0.357. The molecule has 0 saturated carbocycles. The number of fused-ring (bicyclic) bond motifs is 1. The van der Waals surface area contributed by atoms with Gasteiger partial charge in [-0.1, -0.05) is 12.1 Å². The number of aromatic nitrogens is 2. The van der Waals surface area contributed by atoms with Crippen molar-refractivity contribution in [3.63, 3.8) is 0 Å². The first kappa shape index (κ1) is 23.9. The van der Waals surface area contributed by atoms with E-state index in [1.54, 1.807) is 18.2 Å². The van der Waals surface area contributed by atoms with E-state index in [0.29, 0.717) is 17.3 Å². The van der Waals surface area contributed by atoms with E-state index in [1.807, 2.05) is 64.1 Å². The molecule has 5 rings (SSSR count). The third-order valence-corrected chi connectivity index (χ3v) is 6.14. The molecule has 1 aliphatic rings. The van der Waals surface area contributed by atoms with E-state index in [9.17, 15) is 14.4 Å². The Kier molecular flexibility index (Phi) is 6.01. The Bertz CT molecular complexity index is 1560. The van der Waals surface area contributed by atoms with Gasteiger partial charge < -0.3 is 10.6 Å². The zero-order valence-corrected chi connectivity index (χ0v) is 20.9. The second kappa shape index (κ2) is 9.31. The van der Waals surface area contributed by atoms with Crippen LogP contribution in [0.15, 0.2) is 66.7 Å². The fourth-order valence-electron chi connectivity index (χ4n) is 4.31. The highest BCUT2D eigenvalue weighted by molar-refractivity contribution is 6.35. The summed E-state index contributed by atoms with van der Waals surface area (Å²) in [5, 5.41) is 5.99. The van der Waals surface area contributed by atoms with Gasteiger partial charge in [-0.3, -0.25) is 14.4 Å². The van der Waals surface area contributed by atoms with E-state index in [4.69, 9.17) is 0 Å². The van der Waals surface area contributed by atoms with Crippen molar-refractivity contribution in [3.8, 4) is 0 Å². The Morgan fingerprint density at radius 1 is 0.730 bits per heavy atom. The van der Waals surface area contributed by atoms with Crippen molar-refractivity contribution in [3.05, 3.63) is 106 Å². The highest BCUT2D eigenvalue weighted by Crippen LogP contribution is 2.32. The van der Waals surface area contributed by atoms with E-state index in [2.05, 4.69) is 20.6 Å². The van der Waals surface area contributed by atoms with Gasteiger partial charge in [-0.2, -0.15) is 0 Å². The second-order valence-corrected chi connectivity index (χ2v) is 9.13. The molecule has 0 saturated heterocycles. The van der Waals surface area contributed by atoms with Crippen LogP contribution in [0.1, 0.15) is 53.6 Å². The van der Waals surface area contributed by atoms with Crippen LogP contribution in [0.2, 0.25) is 0 Å². The van der Waals surface area contributed by atoms with Crippen LogP contribution in [0.5, 0.6) is 0 Å². The Balaban J connectivity index is 1.32. The molecule has 37 heavy (non-hydrogen) atoms. The number of carbonyl (C=O) groups is 3. The van der Waals surface area contributed by atoms with Crippen LogP contribution >= 0.6 is 0 Å². The summed E-state index contributed by atoms with van der Waals surface area (Å²) in [5.74, 6) is -0.711. The predicted octanol–water partition coefficient (Wildman–Crippen LogP) is 5.51. The molecule has 1 aliphatic heterocycles. The smallest absolute Gasteiger partial charge is 0.266 e. The van der Waals surface area contributed by atoms with Gasteiger partial charge in [0.2, 0.25) is 5.95 Å². The first-order chi connectivity index (χ1) is 17.7. The molecule has 3 amide bonds. The van der Waals surface area contributed by atoms with E-state index in [1.165, 1.54) is 17.0 Å². The molecular formula is C29H25N5O3. The van der Waals surface area contributed by atoms with Crippen LogP contribution in [0.3, 0.4) is 0 Å². The van der Waals surface area contributed by atoms with E-state index >= 15 is 0 Å². The molecule has 0 radical (unpaired) electrons. The Morgan fingerprint density at radius 3 is 2.08 bits per heavy atom. The maximum absolute atomic E-state index is 13.2. The summed E-state index contributed by atoms with van der Waals surface area (Å²) in [6.45, 7) is 7.57. The maximum Gasteiger partial charge on any atom is 0.266 e. The first-order valence-electron chi connectivity index (χ1n) is 11.8. The standard InChI is InChI=1S/C29H25N5O3/c1-16-5-6-17(2)25(13-16)34-27(36)23-12-7-20(15-24(23)28(34)37)26(35)32-21-8-10-22(11-9-21)33-29-30-18(3)14-19(4)31-29/h5-15H,1-4H3,(H,32,35)(H,30,31,33). The molecule has 2 heterocycles. The van der Waals surface area contributed by atoms with E-state index in [-0.39, 0.29) is 22.6 Å². The van der Waals surface area contributed by atoms with Crippen LogP contribution < -0.4 is 15.5 Å². The molecule has 8 nitrogen and oxygen atoms in total. The lowest BCUT2D eigenvalue weighted by Crippen LogP contribution is -2.30. The Hall–Kier alpha value is -4.85. The molecule has 1 aromatic heterocycles. The molecule has 0 aliphatic carbocycles. The molecular weight excluding hydrogens is 466 g/mol. The fourth-order valence-corrected chi connectivity index (χ4v) is 4.31. The van der Waals surface area contributed by atoms with Crippen LogP contribution in [0.25, 0.3) is 0 Å². The number of nitrogens with one attached hydrogen (secondary N) is 2. The van der Waals surface area contributed by atoms with Crippen LogP contribution in [-0.2, 0) is 0 Å². The topological polar surface area (TPSA) is 104 Å². The fraction of sp³-hybridized carbons (Fsp3) is 0.138. The number of amides is 3. The van der Waals surface area contributed by atoms with E-state index < -0.39 is 11.8 Å². The van der Waals surface area contributed by atoms with Gasteiger partial charge in [0, 0.05) is 28.3 Å². The largest absolute Gasteiger partial charge is 0.324 e. The lowest BCUT2D eigenvalue weighted by atomic mass is 10.1. The van der Waals surface area contributed by atoms with Crippen LogP contribution in [-0.4, -0.2) is 27.7 Å². The molecule has 0 atom stereocenters. The summed E-state index contributed by atoms with van der Waals surface area (Å²) < 4.78 is 0. The first-order valence-corrected chi connectivity index (χ1v) is 11.8. The lowest BCUT2D eigenvalue weighted by Gasteiger charge is -2.17. The number of benzene rings is 3. The third-order valence-electron chi connectivity index (χ3n) is 6.14. The van der Waals surface area contributed by atoms with Crippen molar-refractivity contribution in [2.45, 2.75) is 27.7 Å². The van der Waals surface area contributed by atoms with Gasteiger partial charge in [-0.25, -0.2) is 14.9 Å². The molecule has 184 valence electrons. The molecule has 3 aromatic carbocycles. The minimum Gasteiger partial charge on any atom is -0.324 e. The van der Waals surface area contributed by atoms with E-state index in [0.717, 1.165) is 28.2 Å². The number of anilines is 4. The van der Waals surface area contributed by atoms with Crippen molar-refractivity contribution in [1.82, 2.24) is 9.97 Å². The number of hydrogen-bond acceptors (Lipinski definition) is 6. The molecule has 0 bridgehead atoms. The highest BCUT2D eigenvalue weighted by Gasteiger charge is 2.37. The SMILES string of the molecule is Cc1ccc(C)c(N2C(=O)c3ccc(C(=O)Nc4ccc(Nc5nc(C)cc(C)n5)cc4)cc3C2=O)c1. The summed E-state index contributed by atoms with van der Waals surface area (Å²) in [7, 11) is 0. The summed E-state index contributed by atoms with van der Waals surface area (Å²) in [6, 6.07) is 19.2. The minimum absolute atomic E-state index is 0.214. The zero-order chi connectivity index (χ0) is 26.3. The maximum atomic E-state index is 13.2. The van der Waals surface area contributed by atoms with Crippen molar-refractivity contribution in [2.24, 2.45) is 0 Å². The Morgan fingerprint density at radius 2 is 1.38 bits per heavy atom. The number of aryl methyl sites for hydroxylation is 4. The van der Waals surface area contributed by atoms with Gasteiger partial charge in [0.1, 0.15) is 0 Å². The highest BCUT2D eigenvalue weighted by atomic mass is 16.2. The van der Waals surface area contributed by atoms with Crippen LogP contribution in [0.4, 0.5) is 23.0 Å². The van der Waals surface area contributed by atoms with Gasteiger partial charge in [0.15, 0.2) is 0 Å². The monoisotopic (exact) mass is 491 g/mol. The summed E-state index contributed by atoms with van der Waals surface area (Å²) >= 11 is 0. The molecule has 8 heteroatoms. The van der Waals surface area contributed by atoms with Gasteiger partial charge in [0.05, 0.1) is 16.8 Å².